The molecular formula is C26H32ClF3N4O7S. The van der Waals surface area contributed by atoms with E-state index < -0.39 is 26.9 Å². The molecular weight excluding hydrogens is 605 g/mol. The summed E-state index contributed by atoms with van der Waals surface area (Å²) in [6, 6.07) is 10.7. The molecule has 16 heteroatoms. The Morgan fingerprint density at radius 1 is 1.07 bits per heavy atom. The van der Waals surface area contributed by atoms with E-state index in [-0.39, 0.29) is 48.3 Å². The van der Waals surface area contributed by atoms with E-state index >= 15 is 0 Å². The van der Waals surface area contributed by atoms with Crippen molar-refractivity contribution in [2.45, 2.75) is 55.5 Å². The van der Waals surface area contributed by atoms with Crippen LogP contribution in [-0.2, 0) is 21.1 Å². The minimum absolute atomic E-state index is 0. The number of piperidine rings is 1. The Morgan fingerprint density at radius 3 is 2.24 bits per heavy atom. The second-order valence-electron chi connectivity index (χ2n) is 8.70. The lowest BCUT2D eigenvalue weighted by Crippen LogP contribution is -2.57. The maximum absolute atomic E-state index is 13.3. The maximum Gasteiger partial charge on any atom is 0.573 e. The number of rotatable bonds is 10. The summed E-state index contributed by atoms with van der Waals surface area (Å²) < 4.78 is 76.4. The van der Waals surface area contributed by atoms with Crippen LogP contribution >= 0.6 is 12.4 Å². The monoisotopic (exact) mass is 636 g/mol. The Labute approximate surface area is 247 Å². The van der Waals surface area contributed by atoms with Gasteiger partial charge in [0.15, 0.2) is 14.6 Å². The summed E-state index contributed by atoms with van der Waals surface area (Å²) in [5, 5.41) is 16.0. The van der Waals surface area contributed by atoms with Crippen LogP contribution in [0, 0.1) is 0 Å². The fourth-order valence-corrected chi connectivity index (χ4v) is 6.16. The minimum atomic E-state index is -4.78. The molecule has 0 atom stereocenters. The number of halogens is 4. The van der Waals surface area contributed by atoms with Gasteiger partial charge in [0, 0.05) is 12.0 Å². The van der Waals surface area contributed by atoms with E-state index in [1.165, 1.54) is 41.9 Å². The van der Waals surface area contributed by atoms with E-state index in [4.69, 9.17) is 14.5 Å². The summed E-state index contributed by atoms with van der Waals surface area (Å²) >= 11 is 0. The molecule has 42 heavy (non-hydrogen) atoms. The molecule has 1 saturated heterocycles. The third-order valence-corrected chi connectivity index (χ3v) is 8.71. The van der Waals surface area contributed by atoms with Gasteiger partial charge >= 0.3 is 6.36 Å². The summed E-state index contributed by atoms with van der Waals surface area (Å²) in [5.41, 5.74) is 1.95. The number of sulfone groups is 1. The number of amides is 1. The van der Waals surface area contributed by atoms with Gasteiger partial charge in [-0.25, -0.2) is 13.9 Å². The summed E-state index contributed by atoms with van der Waals surface area (Å²) in [6.45, 7) is 4.88. The molecule has 2 heterocycles. The highest BCUT2D eigenvalue weighted by atomic mass is 35.5. The van der Waals surface area contributed by atoms with Crippen LogP contribution in [-0.4, -0.2) is 60.5 Å². The molecule has 2 aromatic carbocycles. The van der Waals surface area contributed by atoms with Crippen LogP contribution in [0.2, 0.25) is 0 Å². The number of hydroxylamine groups is 1. The summed E-state index contributed by atoms with van der Waals surface area (Å²) in [6.07, 6.45) is -3.89. The van der Waals surface area contributed by atoms with Crippen LogP contribution in [0.5, 0.6) is 11.5 Å². The fraction of sp³-hybridized carbons (Fsp3) is 0.423. The molecule has 0 radical (unpaired) electrons. The molecule has 3 N–H and O–H groups in total. The Bertz CT molecular complexity index is 1380. The number of aryl methyl sites for hydroxylation is 1. The molecule has 4 rings (SSSR count). The average Bonchev–Trinajstić information content (AvgIpc) is 3.45. The first kappa shape index (κ1) is 34.8. The van der Waals surface area contributed by atoms with Crippen molar-refractivity contribution < 1.29 is 45.6 Å². The topological polar surface area (TPSA) is 153 Å². The van der Waals surface area contributed by atoms with Crippen molar-refractivity contribution in [1.82, 2.24) is 20.9 Å². The van der Waals surface area contributed by atoms with Gasteiger partial charge in [0.1, 0.15) is 11.5 Å². The quantitative estimate of drug-likeness (QED) is 0.165. The maximum atomic E-state index is 13.3. The van der Waals surface area contributed by atoms with Gasteiger partial charge < -0.3 is 19.3 Å². The van der Waals surface area contributed by atoms with Crippen molar-refractivity contribution >= 4 is 28.2 Å². The predicted octanol–water partition coefficient (Wildman–Crippen LogP) is 4.50. The van der Waals surface area contributed by atoms with Crippen LogP contribution in [0.15, 0.2) is 57.9 Å². The van der Waals surface area contributed by atoms with Crippen LogP contribution in [0.25, 0.3) is 11.4 Å². The van der Waals surface area contributed by atoms with Crippen molar-refractivity contribution in [2.75, 3.05) is 19.7 Å². The number of carbonyl (C=O) groups excluding carboxylic acids is 1. The molecule has 1 fully saturated rings. The Hall–Kier alpha value is -3.40. The summed E-state index contributed by atoms with van der Waals surface area (Å²) in [4.78, 5) is 16.5. The molecule has 0 spiro atoms. The largest absolute Gasteiger partial charge is 0.573 e. The number of alkyl halides is 3. The third-order valence-electron chi connectivity index (χ3n) is 6.19. The highest BCUT2D eigenvalue weighted by Crippen LogP contribution is 2.35. The van der Waals surface area contributed by atoms with Gasteiger partial charge in [-0.1, -0.05) is 19.0 Å². The van der Waals surface area contributed by atoms with E-state index in [1.54, 1.807) is 0 Å². The average molecular weight is 637 g/mol. The number of nitrogens with zero attached hydrogens (tertiary/aromatic N) is 2. The van der Waals surface area contributed by atoms with Gasteiger partial charge in [-0.2, -0.15) is 4.98 Å². The zero-order chi connectivity index (χ0) is 30.1. The Morgan fingerprint density at radius 2 is 1.67 bits per heavy atom. The van der Waals surface area contributed by atoms with E-state index in [9.17, 15) is 26.4 Å². The predicted molar refractivity (Wildman–Crippen MR) is 147 cm³/mol. The Balaban J connectivity index is 0.00000201. The van der Waals surface area contributed by atoms with Crippen LogP contribution < -0.4 is 20.3 Å². The molecule has 232 valence electrons. The fourth-order valence-electron chi connectivity index (χ4n) is 4.18. The SMILES string of the molecule is CC.Cl.O=C(NO)C1(S(=O)(=O)c2ccc(OCCCc3nc(-c4ccc(OC(F)(F)F)cc4)no3)cc2)CCNCC1. The van der Waals surface area contributed by atoms with Crippen molar-refractivity contribution in [1.29, 1.82) is 0 Å². The first-order chi connectivity index (χ1) is 19.5. The molecule has 0 saturated carbocycles. The van der Waals surface area contributed by atoms with E-state index in [1.807, 2.05) is 13.8 Å². The van der Waals surface area contributed by atoms with Crippen LogP contribution in [0.3, 0.4) is 0 Å². The first-order valence-electron chi connectivity index (χ1n) is 12.9. The van der Waals surface area contributed by atoms with Crippen molar-refractivity contribution in [2.24, 2.45) is 0 Å². The second-order valence-corrected chi connectivity index (χ2v) is 11.0. The van der Waals surface area contributed by atoms with Gasteiger partial charge in [0.25, 0.3) is 5.91 Å². The number of nitrogens with one attached hydrogen (secondary N) is 2. The normalized spacial score (nSPS) is 14.5. The van der Waals surface area contributed by atoms with Gasteiger partial charge in [-0.3, -0.25) is 10.0 Å². The molecule has 1 aromatic heterocycles. The lowest BCUT2D eigenvalue weighted by Gasteiger charge is -2.34. The number of aromatic nitrogens is 2. The van der Waals surface area contributed by atoms with E-state index in [2.05, 4.69) is 20.2 Å². The lowest BCUT2D eigenvalue weighted by atomic mass is 9.96. The third kappa shape index (κ3) is 8.33. The van der Waals surface area contributed by atoms with Gasteiger partial charge in [0.05, 0.1) is 11.5 Å². The first-order valence-corrected chi connectivity index (χ1v) is 14.3. The van der Waals surface area contributed by atoms with E-state index in [0.29, 0.717) is 43.1 Å². The van der Waals surface area contributed by atoms with Crippen LogP contribution in [0.4, 0.5) is 13.2 Å². The second kappa shape index (κ2) is 15.2. The minimum Gasteiger partial charge on any atom is -0.494 e. The van der Waals surface area contributed by atoms with Gasteiger partial charge in [-0.05, 0) is 80.9 Å². The summed E-state index contributed by atoms with van der Waals surface area (Å²) in [7, 11) is -4.10. The zero-order valence-electron chi connectivity index (χ0n) is 22.8. The van der Waals surface area contributed by atoms with Gasteiger partial charge in [0.2, 0.25) is 11.7 Å². The highest BCUT2D eigenvalue weighted by Gasteiger charge is 2.51. The standard InChI is InChI=1S/C24H25F3N4O7S.C2H6.ClH/c25-24(26,27)37-18-5-3-16(4-6-18)21-29-20(38-31-21)2-1-15-36-17-7-9-19(10-8-17)39(34,35)23(22(32)30-33)11-13-28-14-12-23;1-2;/h3-10,28,33H,1-2,11-15H2,(H,30,32);1-2H3;1H. The lowest BCUT2D eigenvalue weighted by molar-refractivity contribution is -0.274. The van der Waals surface area contributed by atoms with E-state index in [0.717, 1.165) is 12.1 Å². The van der Waals surface area contributed by atoms with Crippen molar-refractivity contribution in [3.05, 3.63) is 54.4 Å². The molecule has 3 aromatic rings. The number of ether oxygens (including phenoxy) is 2. The molecule has 11 nitrogen and oxygen atoms in total. The molecule has 0 bridgehead atoms. The highest BCUT2D eigenvalue weighted by molar-refractivity contribution is 7.93. The molecule has 0 unspecified atom stereocenters. The van der Waals surface area contributed by atoms with Crippen molar-refractivity contribution in [3.63, 3.8) is 0 Å². The van der Waals surface area contributed by atoms with Crippen LogP contribution in [0.1, 0.15) is 39.0 Å². The molecule has 0 aliphatic carbocycles. The summed E-state index contributed by atoms with van der Waals surface area (Å²) in [5.74, 6) is -0.393. The zero-order valence-corrected chi connectivity index (χ0v) is 24.4. The number of hydrogen-bond acceptors (Lipinski definition) is 10. The van der Waals surface area contributed by atoms with Gasteiger partial charge in [-0.15, -0.1) is 25.6 Å². The number of hydrogen-bond donors (Lipinski definition) is 3. The molecule has 1 aliphatic rings. The Kier molecular flexibility index (Phi) is 12.6. The molecule has 1 amide bonds. The van der Waals surface area contributed by atoms with Crippen molar-refractivity contribution in [3.8, 4) is 22.9 Å². The number of benzene rings is 2. The molecule has 1 aliphatic heterocycles. The smallest absolute Gasteiger partial charge is 0.494 e. The number of carbonyl (C=O) groups is 1.